The number of benzene rings is 2. The first-order chi connectivity index (χ1) is 19.6. The van der Waals surface area contributed by atoms with Crippen molar-refractivity contribution in [1.82, 2.24) is 30.1 Å². The minimum absolute atomic E-state index is 0.00827. The second kappa shape index (κ2) is 9.64. The Morgan fingerprint density at radius 1 is 0.925 bits per heavy atom. The number of para-hydroxylation sites is 1. The molecule has 3 N–H and O–H groups in total. The SMILES string of the molecule is O=C(Nc1cncc(-c2ncc3[nH]nc(-c4nc5c(-c6ccccc6F)cccc5[nH]4)c3c2F)c1)C1CCCC1. The Bertz CT molecular complexity index is 1910. The van der Waals surface area contributed by atoms with Crippen LogP contribution in [0.2, 0.25) is 0 Å². The lowest BCUT2D eigenvalue weighted by Crippen LogP contribution is -2.20. The van der Waals surface area contributed by atoms with Crippen LogP contribution in [0.1, 0.15) is 25.7 Å². The minimum atomic E-state index is -0.600. The monoisotopic (exact) mass is 535 g/mol. The predicted molar refractivity (Wildman–Crippen MR) is 148 cm³/mol. The van der Waals surface area contributed by atoms with Crippen LogP contribution in [0.5, 0.6) is 0 Å². The highest BCUT2D eigenvalue weighted by Gasteiger charge is 2.24. The van der Waals surface area contributed by atoms with Gasteiger partial charge in [0.25, 0.3) is 0 Å². The molecular formula is C30H23F2N7O. The number of aromatic nitrogens is 6. The molecule has 7 rings (SSSR count). The number of fused-ring (bicyclic) bond motifs is 2. The van der Waals surface area contributed by atoms with E-state index in [4.69, 9.17) is 4.98 Å². The van der Waals surface area contributed by atoms with E-state index in [2.05, 4.69) is 30.5 Å². The van der Waals surface area contributed by atoms with Crippen molar-refractivity contribution in [3.05, 3.63) is 78.8 Å². The van der Waals surface area contributed by atoms with Gasteiger partial charge in [-0.3, -0.25) is 19.9 Å². The molecule has 2 aromatic carbocycles. The highest BCUT2D eigenvalue weighted by molar-refractivity contribution is 5.98. The van der Waals surface area contributed by atoms with Gasteiger partial charge in [-0.15, -0.1) is 0 Å². The zero-order valence-electron chi connectivity index (χ0n) is 21.2. The third-order valence-electron chi connectivity index (χ3n) is 7.45. The van der Waals surface area contributed by atoms with Crippen molar-refractivity contribution >= 4 is 33.5 Å². The second-order valence-electron chi connectivity index (χ2n) is 9.98. The van der Waals surface area contributed by atoms with Gasteiger partial charge in [-0.05, 0) is 31.0 Å². The third-order valence-corrected chi connectivity index (χ3v) is 7.45. The molecule has 0 unspecified atom stereocenters. The number of aromatic amines is 2. The van der Waals surface area contributed by atoms with Gasteiger partial charge in [0.2, 0.25) is 5.91 Å². The lowest BCUT2D eigenvalue weighted by molar-refractivity contribution is -0.119. The Kier molecular flexibility index (Phi) is 5.80. The average molecular weight is 536 g/mol. The van der Waals surface area contributed by atoms with Crippen LogP contribution in [0.25, 0.3) is 55.8 Å². The number of H-pyrrole nitrogens is 2. The number of amides is 1. The zero-order chi connectivity index (χ0) is 27.2. The summed E-state index contributed by atoms with van der Waals surface area (Å²) in [6, 6.07) is 13.6. The van der Waals surface area contributed by atoms with Crippen LogP contribution in [0.15, 0.2) is 67.1 Å². The average Bonchev–Trinajstić information content (AvgIpc) is 3.73. The molecule has 8 nitrogen and oxygen atoms in total. The van der Waals surface area contributed by atoms with Gasteiger partial charge in [0.1, 0.15) is 17.2 Å². The van der Waals surface area contributed by atoms with Crippen molar-refractivity contribution in [2.24, 2.45) is 5.92 Å². The van der Waals surface area contributed by atoms with Crippen molar-refractivity contribution in [3.63, 3.8) is 0 Å². The highest BCUT2D eigenvalue weighted by Crippen LogP contribution is 2.35. The molecule has 40 heavy (non-hydrogen) atoms. The Morgan fingerprint density at radius 2 is 1.75 bits per heavy atom. The molecule has 1 aliphatic carbocycles. The number of hydrogen-bond donors (Lipinski definition) is 3. The molecule has 1 fully saturated rings. The zero-order valence-corrected chi connectivity index (χ0v) is 21.2. The summed E-state index contributed by atoms with van der Waals surface area (Å²) in [5, 5.41) is 10.3. The molecule has 198 valence electrons. The van der Waals surface area contributed by atoms with Gasteiger partial charge in [-0.25, -0.2) is 13.8 Å². The summed E-state index contributed by atoms with van der Waals surface area (Å²) in [4.78, 5) is 29.0. The topological polar surface area (TPSA) is 112 Å². The molecule has 0 radical (unpaired) electrons. The van der Waals surface area contributed by atoms with Gasteiger partial charge in [0.15, 0.2) is 11.6 Å². The number of imidazole rings is 1. The fourth-order valence-electron chi connectivity index (χ4n) is 5.46. The summed E-state index contributed by atoms with van der Waals surface area (Å²) >= 11 is 0. The summed E-state index contributed by atoms with van der Waals surface area (Å²) in [6.45, 7) is 0. The fraction of sp³-hybridized carbons (Fsp3) is 0.167. The van der Waals surface area contributed by atoms with Gasteiger partial charge >= 0.3 is 0 Å². The van der Waals surface area contributed by atoms with Crippen molar-refractivity contribution < 1.29 is 13.6 Å². The summed E-state index contributed by atoms with van der Waals surface area (Å²) in [5.41, 5.74) is 3.88. The number of hydrogen-bond acceptors (Lipinski definition) is 5. The minimum Gasteiger partial charge on any atom is -0.337 e. The molecule has 0 spiro atoms. The maximum Gasteiger partial charge on any atom is 0.227 e. The maximum absolute atomic E-state index is 16.1. The Morgan fingerprint density at radius 3 is 2.60 bits per heavy atom. The van der Waals surface area contributed by atoms with E-state index < -0.39 is 5.82 Å². The number of carbonyl (C=O) groups excluding carboxylic acids is 1. The highest BCUT2D eigenvalue weighted by atomic mass is 19.1. The van der Waals surface area contributed by atoms with Gasteiger partial charge in [0, 0.05) is 28.8 Å². The summed E-state index contributed by atoms with van der Waals surface area (Å²) < 4.78 is 30.7. The van der Waals surface area contributed by atoms with E-state index in [9.17, 15) is 9.18 Å². The molecule has 4 aromatic heterocycles. The van der Waals surface area contributed by atoms with E-state index in [0.29, 0.717) is 44.8 Å². The second-order valence-corrected chi connectivity index (χ2v) is 9.98. The molecule has 1 aliphatic rings. The number of nitrogens with zero attached hydrogens (tertiary/aromatic N) is 4. The van der Waals surface area contributed by atoms with Gasteiger partial charge in [-0.2, -0.15) is 5.10 Å². The molecule has 0 aliphatic heterocycles. The molecule has 10 heteroatoms. The van der Waals surface area contributed by atoms with Crippen molar-refractivity contribution in [2.45, 2.75) is 25.7 Å². The van der Waals surface area contributed by atoms with Crippen LogP contribution in [0.3, 0.4) is 0 Å². The number of anilines is 1. The lowest BCUT2D eigenvalue weighted by atomic mass is 10.0. The molecular weight excluding hydrogens is 512 g/mol. The molecule has 1 amide bonds. The van der Waals surface area contributed by atoms with Crippen LogP contribution >= 0.6 is 0 Å². The maximum atomic E-state index is 16.1. The molecule has 0 bridgehead atoms. The first-order valence-electron chi connectivity index (χ1n) is 13.1. The number of rotatable bonds is 5. The third kappa shape index (κ3) is 4.08. The predicted octanol–water partition coefficient (Wildman–Crippen LogP) is 6.64. The number of nitrogens with one attached hydrogen (secondary N) is 3. The Labute approximate surface area is 226 Å². The van der Waals surface area contributed by atoms with Crippen molar-refractivity contribution in [3.8, 4) is 33.9 Å². The normalized spacial score (nSPS) is 13.8. The van der Waals surface area contributed by atoms with Gasteiger partial charge in [-0.1, -0.05) is 43.2 Å². The van der Waals surface area contributed by atoms with Crippen LogP contribution in [0, 0.1) is 17.6 Å². The number of carbonyl (C=O) groups is 1. The molecule has 0 atom stereocenters. The van der Waals surface area contributed by atoms with Crippen LogP contribution < -0.4 is 5.32 Å². The van der Waals surface area contributed by atoms with Crippen molar-refractivity contribution in [2.75, 3.05) is 5.32 Å². The largest absolute Gasteiger partial charge is 0.337 e. The molecule has 0 saturated heterocycles. The lowest BCUT2D eigenvalue weighted by Gasteiger charge is -2.11. The first kappa shape index (κ1) is 24.1. The van der Waals surface area contributed by atoms with E-state index in [1.165, 1.54) is 24.7 Å². The van der Waals surface area contributed by atoms with E-state index in [-0.39, 0.29) is 34.4 Å². The van der Waals surface area contributed by atoms with Gasteiger partial charge < -0.3 is 10.3 Å². The summed E-state index contributed by atoms with van der Waals surface area (Å²) in [7, 11) is 0. The molecule has 1 saturated carbocycles. The van der Waals surface area contributed by atoms with Crippen LogP contribution in [-0.4, -0.2) is 36.0 Å². The Balaban J connectivity index is 1.29. The fourth-order valence-corrected chi connectivity index (χ4v) is 5.46. The van der Waals surface area contributed by atoms with E-state index in [1.54, 1.807) is 30.3 Å². The van der Waals surface area contributed by atoms with E-state index in [0.717, 1.165) is 25.7 Å². The molecule has 6 aromatic rings. The van der Waals surface area contributed by atoms with E-state index in [1.807, 2.05) is 12.1 Å². The van der Waals surface area contributed by atoms with Crippen LogP contribution in [-0.2, 0) is 4.79 Å². The standard InChI is InChI=1S/C30H23F2N7O/c31-21-10-4-3-8-19(21)20-9-5-11-22-27(20)37-29(36-22)28-24-23(38-39-28)15-34-26(25(24)32)17-12-18(14-33-13-17)35-30(40)16-6-1-2-7-16/h3-5,8-16H,1-2,6-7H2,(H,35,40)(H,36,37)(H,38,39). The van der Waals surface area contributed by atoms with Crippen LogP contribution in [0.4, 0.5) is 14.5 Å². The summed E-state index contributed by atoms with van der Waals surface area (Å²) in [6.07, 6.45) is 8.39. The van der Waals surface area contributed by atoms with E-state index >= 15 is 4.39 Å². The smallest absolute Gasteiger partial charge is 0.227 e. The molecule has 4 heterocycles. The summed E-state index contributed by atoms with van der Waals surface area (Å²) in [5.74, 6) is -0.682. The first-order valence-corrected chi connectivity index (χ1v) is 13.1. The van der Waals surface area contributed by atoms with Crippen molar-refractivity contribution in [1.29, 1.82) is 0 Å². The number of halogens is 2. The van der Waals surface area contributed by atoms with Gasteiger partial charge in [0.05, 0.1) is 40.0 Å². The number of pyridine rings is 2. The quantitative estimate of drug-likeness (QED) is 0.229. The Hall–Kier alpha value is -4.99.